The molecule has 2 aromatic carbocycles. The average Bonchev–Trinajstić information content (AvgIpc) is 2.94. The van der Waals surface area contributed by atoms with Gasteiger partial charge in [0.2, 0.25) is 6.79 Å². The summed E-state index contributed by atoms with van der Waals surface area (Å²) >= 11 is 6.21. The second-order valence-corrected chi connectivity index (χ2v) is 5.81. The van der Waals surface area contributed by atoms with Crippen LogP contribution in [0.2, 0.25) is 5.02 Å². The molecule has 3 nitrogen and oxygen atoms in total. The lowest BCUT2D eigenvalue weighted by Crippen LogP contribution is -2.03. The third-order valence-corrected chi connectivity index (χ3v) is 3.83. The van der Waals surface area contributed by atoms with E-state index >= 15 is 0 Å². The molecule has 0 spiro atoms. The minimum Gasteiger partial charge on any atom is -0.454 e. The molecule has 1 N–H and O–H groups in total. The Bertz CT molecular complexity index is 655. The van der Waals surface area contributed by atoms with Crippen molar-refractivity contribution in [2.45, 2.75) is 26.3 Å². The van der Waals surface area contributed by atoms with E-state index in [-0.39, 0.29) is 6.79 Å². The maximum atomic E-state index is 6.21. The molecule has 1 heterocycles. The Morgan fingerprint density at radius 3 is 2.81 bits per heavy atom. The number of halogens is 1. The largest absolute Gasteiger partial charge is 0.454 e. The van der Waals surface area contributed by atoms with Gasteiger partial charge in [0, 0.05) is 12.2 Å². The number of rotatable bonds is 4. The van der Waals surface area contributed by atoms with Crippen molar-refractivity contribution in [2.75, 3.05) is 12.1 Å². The third kappa shape index (κ3) is 2.93. The highest BCUT2D eigenvalue weighted by atomic mass is 35.5. The molecule has 1 aliphatic heterocycles. The summed E-state index contributed by atoms with van der Waals surface area (Å²) in [7, 11) is 0. The molecule has 21 heavy (non-hydrogen) atoms. The second-order valence-electron chi connectivity index (χ2n) is 5.41. The van der Waals surface area contributed by atoms with Gasteiger partial charge in [-0.2, -0.15) is 0 Å². The van der Waals surface area contributed by atoms with E-state index in [1.54, 1.807) is 0 Å². The van der Waals surface area contributed by atoms with E-state index in [1.165, 1.54) is 5.56 Å². The Morgan fingerprint density at radius 2 is 2.00 bits per heavy atom. The van der Waals surface area contributed by atoms with Gasteiger partial charge in [-0.25, -0.2) is 0 Å². The molecule has 4 heteroatoms. The highest BCUT2D eigenvalue weighted by molar-refractivity contribution is 6.32. The molecular weight excluding hydrogens is 286 g/mol. The number of fused-ring (bicyclic) bond motifs is 1. The van der Waals surface area contributed by atoms with Gasteiger partial charge in [0.25, 0.3) is 0 Å². The van der Waals surface area contributed by atoms with Crippen LogP contribution in [0.3, 0.4) is 0 Å². The van der Waals surface area contributed by atoms with Crippen LogP contribution in [0, 0.1) is 0 Å². The molecule has 0 bridgehead atoms. The zero-order valence-corrected chi connectivity index (χ0v) is 12.9. The molecule has 0 saturated carbocycles. The molecule has 1 aliphatic rings. The normalized spacial score (nSPS) is 12.8. The first kappa shape index (κ1) is 14.1. The van der Waals surface area contributed by atoms with Crippen molar-refractivity contribution in [2.24, 2.45) is 0 Å². The van der Waals surface area contributed by atoms with E-state index in [1.807, 2.05) is 18.2 Å². The fourth-order valence-electron chi connectivity index (χ4n) is 2.48. The fraction of sp³-hybridized carbons (Fsp3) is 0.294. The van der Waals surface area contributed by atoms with E-state index in [9.17, 15) is 0 Å². The van der Waals surface area contributed by atoms with Gasteiger partial charge in [-0.1, -0.05) is 43.6 Å². The van der Waals surface area contributed by atoms with Gasteiger partial charge >= 0.3 is 0 Å². The van der Waals surface area contributed by atoms with Gasteiger partial charge in [-0.15, -0.1) is 0 Å². The molecule has 0 atom stereocenters. The molecule has 3 rings (SSSR count). The molecule has 0 amide bonds. The quantitative estimate of drug-likeness (QED) is 0.879. The molecule has 0 radical (unpaired) electrons. The Morgan fingerprint density at radius 1 is 1.19 bits per heavy atom. The summed E-state index contributed by atoms with van der Waals surface area (Å²) in [5.74, 6) is 1.84. The summed E-state index contributed by atoms with van der Waals surface area (Å²) in [4.78, 5) is 0. The lowest BCUT2D eigenvalue weighted by molar-refractivity contribution is 0.174. The van der Waals surface area contributed by atoms with E-state index < -0.39 is 0 Å². The summed E-state index contributed by atoms with van der Waals surface area (Å²) in [6.07, 6.45) is 0. The highest BCUT2D eigenvalue weighted by Gasteiger charge is 2.18. The number of nitrogens with one attached hydrogen (secondary N) is 1. The van der Waals surface area contributed by atoms with Crippen LogP contribution in [0.1, 0.15) is 30.9 Å². The highest BCUT2D eigenvalue weighted by Crippen LogP contribution is 2.40. The molecule has 2 aromatic rings. The fourth-order valence-corrected chi connectivity index (χ4v) is 2.77. The number of ether oxygens (including phenoxy) is 2. The van der Waals surface area contributed by atoms with Gasteiger partial charge in [0.15, 0.2) is 11.5 Å². The van der Waals surface area contributed by atoms with Crippen LogP contribution in [0.5, 0.6) is 11.5 Å². The van der Waals surface area contributed by atoms with E-state index in [4.69, 9.17) is 21.1 Å². The third-order valence-electron chi connectivity index (χ3n) is 3.55. The van der Waals surface area contributed by atoms with Crippen molar-refractivity contribution in [3.63, 3.8) is 0 Å². The van der Waals surface area contributed by atoms with Crippen LogP contribution < -0.4 is 14.8 Å². The number of anilines is 1. The Kier molecular flexibility index (Phi) is 3.93. The monoisotopic (exact) mass is 303 g/mol. The van der Waals surface area contributed by atoms with Crippen LogP contribution in [-0.4, -0.2) is 6.79 Å². The van der Waals surface area contributed by atoms with Crippen molar-refractivity contribution in [1.82, 2.24) is 0 Å². The van der Waals surface area contributed by atoms with Crippen molar-refractivity contribution in [3.05, 3.63) is 52.5 Å². The van der Waals surface area contributed by atoms with Crippen LogP contribution in [0.25, 0.3) is 0 Å². The molecule has 0 aliphatic carbocycles. The van der Waals surface area contributed by atoms with Crippen molar-refractivity contribution >= 4 is 17.3 Å². The van der Waals surface area contributed by atoms with Crippen LogP contribution in [0.15, 0.2) is 36.4 Å². The lowest BCUT2D eigenvalue weighted by Gasteiger charge is -2.15. The second kappa shape index (κ2) is 5.86. The zero-order valence-electron chi connectivity index (χ0n) is 12.2. The number of hydrogen-bond donors (Lipinski definition) is 1. The standard InChI is InChI=1S/C17H18ClNO2/c1-11(2)13-5-3-4-6-15(13)19-9-12-7-14(18)17-16(8-12)20-10-21-17/h3-8,11,19H,9-10H2,1-2H3. The zero-order chi connectivity index (χ0) is 14.8. The van der Waals surface area contributed by atoms with Gasteiger partial charge < -0.3 is 14.8 Å². The van der Waals surface area contributed by atoms with Crippen molar-refractivity contribution < 1.29 is 9.47 Å². The Hall–Kier alpha value is -1.87. The maximum absolute atomic E-state index is 6.21. The van der Waals surface area contributed by atoms with Gasteiger partial charge in [-0.05, 0) is 35.2 Å². The summed E-state index contributed by atoms with van der Waals surface area (Å²) in [6.45, 7) is 5.32. The van der Waals surface area contributed by atoms with Crippen molar-refractivity contribution in [3.8, 4) is 11.5 Å². The topological polar surface area (TPSA) is 30.5 Å². The first-order valence-electron chi connectivity index (χ1n) is 7.06. The smallest absolute Gasteiger partial charge is 0.231 e. The molecule has 0 fully saturated rings. The predicted octanol–water partition coefficient (Wildman–Crippen LogP) is 4.80. The van der Waals surface area contributed by atoms with Crippen LogP contribution in [-0.2, 0) is 6.54 Å². The minimum atomic E-state index is 0.238. The van der Waals surface area contributed by atoms with Gasteiger partial charge in [-0.3, -0.25) is 0 Å². The molecule has 0 saturated heterocycles. The molecule has 0 aromatic heterocycles. The Balaban J connectivity index is 1.78. The Labute approximate surface area is 129 Å². The minimum absolute atomic E-state index is 0.238. The number of para-hydroxylation sites is 1. The van der Waals surface area contributed by atoms with E-state index in [2.05, 4.69) is 37.4 Å². The summed E-state index contributed by atoms with van der Waals surface area (Å²) < 4.78 is 10.7. The molecule has 0 unspecified atom stereocenters. The van der Waals surface area contributed by atoms with Gasteiger partial charge in [0.05, 0.1) is 5.02 Å². The van der Waals surface area contributed by atoms with Gasteiger partial charge in [0.1, 0.15) is 0 Å². The van der Waals surface area contributed by atoms with E-state index in [0.717, 1.165) is 17.0 Å². The van der Waals surface area contributed by atoms with Crippen molar-refractivity contribution in [1.29, 1.82) is 0 Å². The number of hydrogen-bond acceptors (Lipinski definition) is 3. The summed E-state index contributed by atoms with van der Waals surface area (Å²) in [5, 5.41) is 4.07. The maximum Gasteiger partial charge on any atom is 0.231 e. The SMILES string of the molecule is CC(C)c1ccccc1NCc1cc(Cl)c2c(c1)OCO2. The lowest BCUT2D eigenvalue weighted by atomic mass is 10.0. The molecule has 110 valence electrons. The number of benzene rings is 2. The van der Waals surface area contributed by atoms with Crippen LogP contribution in [0.4, 0.5) is 5.69 Å². The van der Waals surface area contributed by atoms with E-state index in [0.29, 0.717) is 23.2 Å². The predicted molar refractivity (Wildman–Crippen MR) is 85.4 cm³/mol. The summed E-state index contributed by atoms with van der Waals surface area (Å²) in [6, 6.07) is 12.3. The molecular formula is C17H18ClNO2. The summed E-state index contributed by atoms with van der Waals surface area (Å²) in [5.41, 5.74) is 3.54. The first-order chi connectivity index (χ1) is 10.1. The van der Waals surface area contributed by atoms with Crippen LogP contribution >= 0.6 is 11.6 Å². The first-order valence-corrected chi connectivity index (χ1v) is 7.44. The average molecular weight is 304 g/mol.